The number of esters is 1. The summed E-state index contributed by atoms with van der Waals surface area (Å²) < 4.78 is 28.4. The third-order valence-corrected chi connectivity index (χ3v) is 5.05. The lowest BCUT2D eigenvalue weighted by atomic mass is 10.1. The molecule has 1 atom stereocenters. The summed E-state index contributed by atoms with van der Waals surface area (Å²) in [6.07, 6.45) is 0.147. The normalized spacial score (nSPS) is 11.4. The monoisotopic (exact) mass is 421 g/mol. The van der Waals surface area contributed by atoms with Gasteiger partial charge in [-0.3, -0.25) is 9.59 Å². The molecule has 1 amide bonds. The van der Waals surface area contributed by atoms with Crippen molar-refractivity contribution in [3.63, 3.8) is 0 Å². The van der Waals surface area contributed by atoms with Gasteiger partial charge in [-0.15, -0.1) is 11.8 Å². The van der Waals surface area contributed by atoms with Gasteiger partial charge in [-0.05, 0) is 49.4 Å². The molecule has 156 valence electrons. The van der Waals surface area contributed by atoms with Gasteiger partial charge >= 0.3 is 5.97 Å². The van der Waals surface area contributed by atoms with Crippen LogP contribution < -0.4 is 14.8 Å². The van der Waals surface area contributed by atoms with E-state index in [0.29, 0.717) is 17.3 Å². The first-order chi connectivity index (χ1) is 13.9. The second kappa shape index (κ2) is 11.3. The van der Waals surface area contributed by atoms with E-state index in [2.05, 4.69) is 5.32 Å². The van der Waals surface area contributed by atoms with Crippen molar-refractivity contribution in [1.29, 1.82) is 0 Å². The molecule has 29 heavy (non-hydrogen) atoms. The molecule has 0 saturated carbocycles. The topological polar surface area (TPSA) is 73.9 Å². The van der Waals surface area contributed by atoms with Crippen LogP contribution in [0, 0.1) is 5.82 Å². The van der Waals surface area contributed by atoms with Crippen molar-refractivity contribution >= 4 is 23.6 Å². The zero-order valence-corrected chi connectivity index (χ0v) is 17.4. The maximum Gasteiger partial charge on any atom is 0.307 e. The minimum Gasteiger partial charge on any atom is -0.497 e. The summed E-state index contributed by atoms with van der Waals surface area (Å²) in [5.74, 6) is 0.549. The number of nitrogens with one attached hydrogen (secondary N) is 1. The molecule has 0 radical (unpaired) electrons. The largest absolute Gasteiger partial charge is 0.497 e. The molecule has 0 saturated heterocycles. The standard InChI is InChI=1S/C21H24FNO5S/c1-14(18-12-16(26-2)6-9-19(18)27-3)23-20(24)13-28-21(25)10-11-29-17-7-4-15(22)5-8-17/h4-9,12,14H,10-11,13H2,1-3H3,(H,23,24)/t14-/m0/s1. The van der Waals surface area contributed by atoms with Gasteiger partial charge in [-0.2, -0.15) is 0 Å². The van der Waals surface area contributed by atoms with Crippen molar-refractivity contribution in [3.8, 4) is 11.5 Å². The lowest BCUT2D eigenvalue weighted by Gasteiger charge is -2.18. The first kappa shape index (κ1) is 22.5. The van der Waals surface area contributed by atoms with Crippen LogP contribution in [-0.2, 0) is 14.3 Å². The molecule has 0 heterocycles. The van der Waals surface area contributed by atoms with E-state index < -0.39 is 11.9 Å². The molecule has 0 unspecified atom stereocenters. The molecule has 0 fully saturated rings. The number of carbonyl (C=O) groups is 2. The first-order valence-corrected chi connectivity index (χ1v) is 9.96. The van der Waals surface area contributed by atoms with E-state index in [1.54, 1.807) is 51.5 Å². The van der Waals surface area contributed by atoms with Crippen molar-refractivity contribution in [2.45, 2.75) is 24.3 Å². The van der Waals surface area contributed by atoms with Crippen LogP contribution in [0.4, 0.5) is 4.39 Å². The second-order valence-corrected chi connectivity index (χ2v) is 7.28. The summed E-state index contributed by atoms with van der Waals surface area (Å²) in [6, 6.07) is 11.0. The minimum atomic E-state index is -0.471. The molecule has 0 aliphatic carbocycles. The van der Waals surface area contributed by atoms with Gasteiger partial charge in [0.15, 0.2) is 6.61 Å². The smallest absolute Gasteiger partial charge is 0.307 e. The Bertz CT molecular complexity index is 828. The van der Waals surface area contributed by atoms with Gasteiger partial charge in [-0.25, -0.2) is 4.39 Å². The fourth-order valence-electron chi connectivity index (χ4n) is 2.54. The van der Waals surface area contributed by atoms with E-state index in [0.717, 1.165) is 10.5 Å². The summed E-state index contributed by atoms with van der Waals surface area (Å²) >= 11 is 1.41. The number of rotatable bonds is 10. The summed E-state index contributed by atoms with van der Waals surface area (Å²) in [6.45, 7) is 1.44. The summed E-state index contributed by atoms with van der Waals surface area (Å²) in [4.78, 5) is 24.8. The van der Waals surface area contributed by atoms with Gasteiger partial charge in [0.2, 0.25) is 0 Å². The van der Waals surface area contributed by atoms with Crippen molar-refractivity contribution < 1.29 is 28.2 Å². The highest BCUT2D eigenvalue weighted by Crippen LogP contribution is 2.29. The van der Waals surface area contributed by atoms with Gasteiger partial charge in [-0.1, -0.05) is 0 Å². The zero-order chi connectivity index (χ0) is 21.2. The number of benzene rings is 2. The van der Waals surface area contributed by atoms with Gasteiger partial charge < -0.3 is 19.5 Å². The quantitative estimate of drug-likeness (QED) is 0.465. The van der Waals surface area contributed by atoms with Crippen LogP contribution in [0.25, 0.3) is 0 Å². The van der Waals surface area contributed by atoms with Gasteiger partial charge in [0.05, 0.1) is 26.7 Å². The van der Waals surface area contributed by atoms with E-state index >= 15 is 0 Å². The predicted molar refractivity (Wildman–Crippen MR) is 109 cm³/mol. The molecule has 0 spiro atoms. The number of hydrogen-bond donors (Lipinski definition) is 1. The van der Waals surface area contributed by atoms with Crippen LogP contribution in [-0.4, -0.2) is 38.5 Å². The van der Waals surface area contributed by atoms with Crippen LogP contribution in [0.15, 0.2) is 47.4 Å². The first-order valence-electron chi connectivity index (χ1n) is 8.98. The Morgan fingerprint density at radius 3 is 2.48 bits per heavy atom. The van der Waals surface area contributed by atoms with E-state index in [-0.39, 0.29) is 24.9 Å². The summed E-state index contributed by atoms with van der Waals surface area (Å²) in [5.41, 5.74) is 0.752. The van der Waals surface area contributed by atoms with Crippen molar-refractivity contribution in [3.05, 3.63) is 53.8 Å². The predicted octanol–water partition coefficient (Wildman–Crippen LogP) is 3.75. The number of methoxy groups -OCH3 is 2. The molecular formula is C21H24FNO5S. The Morgan fingerprint density at radius 1 is 1.10 bits per heavy atom. The molecule has 0 aliphatic rings. The maximum absolute atomic E-state index is 12.9. The summed E-state index contributed by atoms with van der Waals surface area (Å²) in [5, 5.41) is 2.77. The molecule has 1 N–H and O–H groups in total. The maximum atomic E-state index is 12.9. The van der Waals surface area contributed by atoms with E-state index in [1.807, 2.05) is 0 Å². The van der Waals surface area contributed by atoms with Crippen LogP contribution in [0.1, 0.15) is 24.9 Å². The highest BCUT2D eigenvalue weighted by atomic mass is 32.2. The molecule has 8 heteroatoms. The molecule has 0 bridgehead atoms. The van der Waals surface area contributed by atoms with Crippen LogP contribution in [0.2, 0.25) is 0 Å². The van der Waals surface area contributed by atoms with Crippen molar-refractivity contribution in [2.24, 2.45) is 0 Å². The number of ether oxygens (including phenoxy) is 3. The molecular weight excluding hydrogens is 397 g/mol. The Balaban J connectivity index is 1.75. The second-order valence-electron chi connectivity index (χ2n) is 6.11. The lowest BCUT2D eigenvalue weighted by molar-refractivity contribution is -0.148. The minimum absolute atomic E-state index is 0.147. The molecule has 6 nitrogen and oxygen atoms in total. The highest BCUT2D eigenvalue weighted by Gasteiger charge is 2.16. The third-order valence-electron chi connectivity index (χ3n) is 4.03. The third kappa shape index (κ3) is 7.30. The Labute approximate surface area is 173 Å². The highest BCUT2D eigenvalue weighted by molar-refractivity contribution is 7.99. The molecule has 0 aliphatic heterocycles. The molecule has 2 rings (SSSR count). The Kier molecular flexibility index (Phi) is 8.79. The van der Waals surface area contributed by atoms with Crippen molar-refractivity contribution in [2.75, 3.05) is 26.6 Å². The van der Waals surface area contributed by atoms with Gasteiger partial charge in [0, 0.05) is 16.2 Å². The van der Waals surface area contributed by atoms with E-state index in [9.17, 15) is 14.0 Å². The fourth-order valence-corrected chi connectivity index (χ4v) is 3.37. The van der Waals surface area contributed by atoms with Crippen molar-refractivity contribution in [1.82, 2.24) is 5.32 Å². The Morgan fingerprint density at radius 2 is 1.83 bits per heavy atom. The number of amides is 1. The average molecular weight is 421 g/mol. The van der Waals surface area contributed by atoms with Crippen LogP contribution in [0.5, 0.6) is 11.5 Å². The zero-order valence-electron chi connectivity index (χ0n) is 16.6. The van der Waals surface area contributed by atoms with Crippen LogP contribution in [0.3, 0.4) is 0 Å². The van der Waals surface area contributed by atoms with Gasteiger partial charge in [0.1, 0.15) is 17.3 Å². The fraction of sp³-hybridized carbons (Fsp3) is 0.333. The average Bonchev–Trinajstić information content (AvgIpc) is 2.73. The van der Waals surface area contributed by atoms with E-state index in [4.69, 9.17) is 14.2 Å². The molecule has 2 aromatic rings. The lowest BCUT2D eigenvalue weighted by Crippen LogP contribution is -2.31. The SMILES string of the molecule is COc1ccc(OC)c([C@H](C)NC(=O)COC(=O)CCSc2ccc(F)cc2)c1. The summed E-state index contributed by atoms with van der Waals surface area (Å²) in [7, 11) is 3.11. The Hall–Kier alpha value is -2.74. The van der Waals surface area contributed by atoms with E-state index in [1.165, 1.54) is 23.9 Å². The number of thioether (sulfide) groups is 1. The van der Waals surface area contributed by atoms with Gasteiger partial charge in [0.25, 0.3) is 5.91 Å². The molecule has 2 aromatic carbocycles. The number of hydrogen-bond acceptors (Lipinski definition) is 6. The number of halogens is 1. The van der Waals surface area contributed by atoms with Crippen LogP contribution >= 0.6 is 11.8 Å². The molecule has 0 aromatic heterocycles. The number of carbonyl (C=O) groups excluding carboxylic acids is 2.